The lowest BCUT2D eigenvalue weighted by Gasteiger charge is -2.04. The molecule has 3 aromatic rings. The lowest BCUT2D eigenvalue weighted by atomic mass is 10.2. The maximum Gasteiger partial charge on any atom is 0.182 e. The second kappa shape index (κ2) is 4.27. The molecular weight excluding hydrogens is 266 g/mol. The van der Waals surface area contributed by atoms with Gasteiger partial charge in [0.2, 0.25) is 0 Å². The lowest BCUT2D eigenvalue weighted by molar-refractivity contribution is 1.17. The van der Waals surface area contributed by atoms with Crippen molar-refractivity contribution in [3.63, 3.8) is 0 Å². The predicted octanol–water partition coefficient (Wildman–Crippen LogP) is 2.72. The number of aromatic nitrogens is 3. The number of hydrogen-bond acceptors (Lipinski definition) is 7. The highest BCUT2D eigenvalue weighted by atomic mass is 32.1. The molecule has 18 heavy (non-hydrogen) atoms. The molecule has 5 nitrogen and oxygen atoms in total. The quantitative estimate of drug-likeness (QED) is 0.556. The molecule has 0 aromatic carbocycles. The Kier molecular flexibility index (Phi) is 2.73. The van der Waals surface area contributed by atoms with Gasteiger partial charge in [-0.2, -0.15) is 0 Å². The molecule has 0 aliphatic carbocycles. The number of hydrogen-bond donors (Lipinski definition) is 2. The monoisotopic (exact) mass is 277 g/mol. The average Bonchev–Trinajstić information content (AvgIpc) is 2.98. The molecule has 7 heteroatoms. The smallest absolute Gasteiger partial charge is 0.182 e. The van der Waals surface area contributed by atoms with Crippen LogP contribution in [0.5, 0.6) is 0 Å². The van der Waals surface area contributed by atoms with E-state index in [0.29, 0.717) is 11.6 Å². The van der Waals surface area contributed by atoms with Crippen molar-refractivity contribution in [2.24, 2.45) is 5.84 Å². The van der Waals surface area contributed by atoms with Gasteiger partial charge in [-0.25, -0.2) is 20.8 Å². The Morgan fingerprint density at radius 2 is 2.11 bits per heavy atom. The van der Waals surface area contributed by atoms with Crippen LogP contribution in [0.2, 0.25) is 0 Å². The second-order valence-electron chi connectivity index (χ2n) is 3.88. The molecule has 0 fully saturated rings. The highest BCUT2D eigenvalue weighted by Gasteiger charge is 2.15. The van der Waals surface area contributed by atoms with Crippen molar-refractivity contribution in [1.29, 1.82) is 0 Å². The van der Waals surface area contributed by atoms with E-state index in [0.717, 1.165) is 15.9 Å². The number of hydrazine groups is 1. The van der Waals surface area contributed by atoms with Crippen molar-refractivity contribution in [3.05, 3.63) is 21.3 Å². The normalized spacial score (nSPS) is 11.1. The number of thiazole rings is 1. The molecule has 3 rings (SSSR count). The summed E-state index contributed by atoms with van der Waals surface area (Å²) in [7, 11) is 0. The van der Waals surface area contributed by atoms with Gasteiger partial charge in [-0.1, -0.05) is 0 Å². The van der Waals surface area contributed by atoms with E-state index in [1.807, 2.05) is 5.38 Å². The first-order chi connectivity index (χ1) is 8.70. The predicted molar refractivity (Wildman–Crippen MR) is 75.8 cm³/mol. The summed E-state index contributed by atoms with van der Waals surface area (Å²) >= 11 is 3.17. The van der Waals surface area contributed by atoms with Crippen LogP contribution in [0.25, 0.3) is 21.7 Å². The lowest BCUT2D eigenvalue weighted by Crippen LogP contribution is -2.10. The number of nitrogens with two attached hydrogens (primary N) is 1. The van der Waals surface area contributed by atoms with Gasteiger partial charge in [-0.05, 0) is 19.4 Å². The summed E-state index contributed by atoms with van der Waals surface area (Å²) in [6, 6.07) is 0. The third-order valence-corrected chi connectivity index (χ3v) is 4.51. The number of nitrogen functional groups attached to an aromatic ring is 1. The molecule has 3 aromatic heterocycles. The fourth-order valence-corrected chi connectivity index (χ4v) is 3.35. The summed E-state index contributed by atoms with van der Waals surface area (Å²) in [4.78, 5) is 15.4. The zero-order chi connectivity index (χ0) is 12.7. The molecule has 3 N–H and O–H groups in total. The maximum atomic E-state index is 5.56. The highest BCUT2D eigenvalue weighted by Crippen LogP contribution is 2.34. The van der Waals surface area contributed by atoms with Crippen LogP contribution in [0.1, 0.15) is 10.4 Å². The number of rotatable bonds is 2. The molecule has 0 saturated carbocycles. The van der Waals surface area contributed by atoms with Gasteiger partial charge in [0.05, 0.1) is 10.9 Å². The van der Waals surface area contributed by atoms with Crippen LogP contribution in [-0.2, 0) is 0 Å². The van der Waals surface area contributed by atoms with E-state index in [-0.39, 0.29) is 0 Å². The van der Waals surface area contributed by atoms with E-state index in [1.54, 1.807) is 16.8 Å². The van der Waals surface area contributed by atoms with E-state index < -0.39 is 0 Å². The highest BCUT2D eigenvalue weighted by molar-refractivity contribution is 7.18. The van der Waals surface area contributed by atoms with E-state index in [4.69, 9.17) is 5.84 Å². The largest absolute Gasteiger partial charge is 0.308 e. The zero-order valence-corrected chi connectivity index (χ0v) is 11.5. The van der Waals surface area contributed by atoms with Gasteiger partial charge in [0.15, 0.2) is 11.6 Å². The van der Waals surface area contributed by atoms with Crippen molar-refractivity contribution >= 4 is 38.7 Å². The van der Waals surface area contributed by atoms with E-state index in [2.05, 4.69) is 34.2 Å². The average molecular weight is 277 g/mol. The Hall–Kier alpha value is -1.57. The minimum Gasteiger partial charge on any atom is -0.308 e. The zero-order valence-electron chi connectivity index (χ0n) is 9.89. The molecular formula is C11H11N5S2. The molecule has 0 aliphatic heterocycles. The van der Waals surface area contributed by atoms with Crippen molar-refractivity contribution < 1.29 is 0 Å². The van der Waals surface area contributed by atoms with Gasteiger partial charge in [0.1, 0.15) is 10.5 Å². The van der Waals surface area contributed by atoms with Gasteiger partial charge >= 0.3 is 0 Å². The molecule has 0 bridgehead atoms. The fourth-order valence-electron chi connectivity index (χ4n) is 1.79. The first kappa shape index (κ1) is 11.5. The SMILES string of the molecule is Cc1sc2nc(-c3cscn3)nc(NN)c2c1C. The summed E-state index contributed by atoms with van der Waals surface area (Å²) in [6.45, 7) is 4.13. The van der Waals surface area contributed by atoms with Crippen LogP contribution in [0.4, 0.5) is 5.82 Å². The van der Waals surface area contributed by atoms with Crippen molar-refractivity contribution in [2.45, 2.75) is 13.8 Å². The Labute approximate surface area is 112 Å². The summed E-state index contributed by atoms with van der Waals surface area (Å²) < 4.78 is 0. The Bertz CT molecular complexity index is 702. The van der Waals surface area contributed by atoms with Crippen LogP contribution < -0.4 is 11.3 Å². The number of aryl methyl sites for hydroxylation is 2. The fraction of sp³-hybridized carbons (Fsp3) is 0.182. The molecule has 0 radical (unpaired) electrons. The van der Waals surface area contributed by atoms with Crippen molar-refractivity contribution in [2.75, 3.05) is 5.43 Å². The van der Waals surface area contributed by atoms with Gasteiger partial charge < -0.3 is 5.43 Å². The minimum atomic E-state index is 0.609. The van der Waals surface area contributed by atoms with E-state index >= 15 is 0 Å². The van der Waals surface area contributed by atoms with Crippen LogP contribution in [0.3, 0.4) is 0 Å². The molecule has 0 saturated heterocycles. The third kappa shape index (κ3) is 1.67. The summed E-state index contributed by atoms with van der Waals surface area (Å²) in [5.41, 5.74) is 6.38. The minimum absolute atomic E-state index is 0.609. The molecule has 0 aliphatic rings. The number of thiophene rings is 1. The standard InChI is InChI=1S/C11H11N5S2/c1-5-6(2)18-11-8(5)10(16-12)14-9(15-11)7-3-17-4-13-7/h3-4H,12H2,1-2H3,(H,14,15,16). The number of fused-ring (bicyclic) bond motifs is 1. The Morgan fingerprint density at radius 3 is 2.78 bits per heavy atom. The van der Waals surface area contributed by atoms with Crippen LogP contribution in [0.15, 0.2) is 10.9 Å². The molecule has 0 atom stereocenters. The first-order valence-electron chi connectivity index (χ1n) is 5.33. The third-order valence-electron chi connectivity index (χ3n) is 2.83. The van der Waals surface area contributed by atoms with E-state index in [9.17, 15) is 0 Å². The summed E-state index contributed by atoms with van der Waals surface area (Å²) in [6.07, 6.45) is 0. The van der Waals surface area contributed by atoms with Crippen molar-refractivity contribution in [3.8, 4) is 11.5 Å². The van der Waals surface area contributed by atoms with Crippen LogP contribution in [0, 0.1) is 13.8 Å². The number of nitrogens with zero attached hydrogens (tertiary/aromatic N) is 3. The Balaban J connectivity index is 2.32. The first-order valence-corrected chi connectivity index (χ1v) is 7.09. The molecule has 0 unspecified atom stereocenters. The van der Waals surface area contributed by atoms with Gasteiger partial charge in [0.25, 0.3) is 0 Å². The van der Waals surface area contributed by atoms with Gasteiger partial charge in [-0.3, -0.25) is 0 Å². The summed E-state index contributed by atoms with van der Waals surface area (Å²) in [5.74, 6) is 6.83. The van der Waals surface area contributed by atoms with Gasteiger partial charge in [0, 0.05) is 10.3 Å². The van der Waals surface area contributed by atoms with Crippen molar-refractivity contribution in [1.82, 2.24) is 15.0 Å². The molecule has 0 amide bonds. The summed E-state index contributed by atoms with van der Waals surface area (Å²) in [5, 5.41) is 2.92. The molecule has 92 valence electrons. The van der Waals surface area contributed by atoms with E-state index in [1.165, 1.54) is 21.8 Å². The maximum absolute atomic E-state index is 5.56. The van der Waals surface area contributed by atoms with Crippen LogP contribution in [-0.4, -0.2) is 15.0 Å². The number of nitrogens with one attached hydrogen (secondary N) is 1. The molecule has 0 spiro atoms. The molecule has 3 heterocycles. The number of anilines is 1. The second-order valence-corrected chi connectivity index (χ2v) is 5.80. The van der Waals surface area contributed by atoms with Crippen LogP contribution >= 0.6 is 22.7 Å². The topological polar surface area (TPSA) is 76.7 Å². The Morgan fingerprint density at radius 1 is 1.28 bits per heavy atom. The van der Waals surface area contributed by atoms with Gasteiger partial charge in [-0.15, -0.1) is 22.7 Å².